The lowest BCUT2D eigenvalue weighted by Gasteiger charge is -2.20. The maximum Gasteiger partial charge on any atom is 0.164 e. The van der Waals surface area contributed by atoms with Gasteiger partial charge in [-0.15, -0.1) is 0 Å². The van der Waals surface area contributed by atoms with Gasteiger partial charge in [-0.2, -0.15) is 0 Å². The molecule has 4 heterocycles. The highest BCUT2D eigenvalue weighted by Crippen LogP contribution is 2.39. The highest BCUT2D eigenvalue weighted by molar-refractivity contribution is 6.01. The Morgan fingerprint density at radius 3 is 2.78 bits per heavy atom. The van der Waals surface area contributed by atoms with Gasteiger partial charge in [-0.3, -0.25) is 0 Å². The summed E-state index contributed by atoms with van der Waals surface area (Å²) in [5, 5.41) is 30.2. The highest BCUT2D eigenvalue weighted by Gasteiger charge is 2.44. The summed E-state index contributed by atoms with van der Waals surface area (Å²) in [4.78, 5) is 10.3. The summed E-state index contributed by atoms with van der Waals surface area (Å²) in [5.74, 6) is 0.699. The van der Waals surface area contributed by atoms with Crippen LogP contribution in [0, 0.1) is 0 Å². The normalized spacial score (nSPS) is 30.1. The van der Waals surface area contributed by atoms with Crippen molar-refractivity contribution in [3.63, 3.8) is 0 Å². The minimum absolute atomic E-state index is 0.383. The Bertz CT molecular complexity index is 804. The van der Waals surface area contributed by atoms with Crippen LogP contribution >= 0.6 is 0 Å². The number of aromatic nitrogens is 3. The van der Waals surface area contributed by atoms with Gasteiger partial charge in [0.05, 0.1) is 17.7 Å². The second-order valence-electron chi connectivity index (χ2n) is 5.77. The van der Waals surface area contributed by atoms with Crippen LogP contribution in [0.4, 0.5) is 5.82 Å². The van der Waals surface area contributed by atoms with Gasteiger partial charge in [-0.05, 0) is 0 Å². The number of hydrogen-bond acceptors (Lipinski definition) is 8. The molecule has 4 atom stereocenters. The van der Waals surface area contributed by atoms with Crippen molar-refractivity contribution in [2.45, 2.75) is 24.5 Å². The van der Waals surface area contributed by atoms with Gasteiger partial charge in [0.25, 0.3) is 0 Å². The van der Waals surface area contributed by atoms with Crippen LogP contribution in [0.2, 0.25) is 0 Å². The summed E-state index contributed by atoms with van der Waals surface area (Å²) in [6, 6.07) is 0. The minimum atomic E-state index is -1.18. The van der Waals surface area contributed by atoms with E-state index in [2.05, 4.69) is 9.97 Å². The third kappa shape index (κ3) is 1.88. The van der Waals surface area contributed by atoms with Gasteiger partial charge >= 0.3 is 0 Å². The van der Waals surface area contributed by atoms with Gasteiger partial charge in [0.1, 0.15) is 36.1 Å². The Balaban J connectivity index is 1.89. The molecule has 2 aromatic rings. The van der Waals surface area contributed by atoms with Crippen LogP contribution < -0.4 is 10.6 Å². The molecule has 9 heteroatoms. The molecule has 2 unspecified atom stereocenters. The molecule has 0 amide bonds. The molecule has 2 aliphatic rings. The fourth-order valence-electron chi connectivity index (χ4n) is 3.20. The molecule has 2 aromatic heterocycles. The maximum atomic E-state index is 10.3. The molecular weight excluding hydrogens is 302 g/mol. The van der Waals surface area contributed by atoms with Gasteiger partial charge < -0.3 is 35.3 Å². The average molecular weight is 319 g/mol. The van der Waals surface area contributed by atoms with Gasteiger partial charge in [0.2, 0.25) is 0 Å². The molecule has 0 aliphatic carbocycles. The number of nitrogens with zero attached hydrogens (tertiary/aromatic N) is 4. The molecule has 23 heavy (non-hydrogen) atoms. The van der Waals surface area contributed by atoms with Crippen LogP contribution in [-0.2, 0) is 4.74 Å². The quantitative estimate of drug-likeness (QED) is 0.540. The fourth-order valence-corrected chi connectivity index (χ4v) is 3.20. The SMILES string of the molecule is CN1C=C(N)c2cn([C@@H]3O[C@H](CO)C(O)C3O)c3ncnc1c23. The van der Waals surface area contributed by atoms with Gasteiger partial charge in [-0.25, -0.2) is 9.97 Å². The summed E-state index contributed by atoms with van der Waals surface area (Å²) in [7, 11) is 1.83. The Morgan fingerprint density at radius 1 is 1.30 bits per heavy atom. The van der Waals surface area contributed by atoms with Crippen molar-refractivity contribution < 1.29 is 20.1 Å². The summed E-state index contributed by atoms with van der Waals surface area (Å²) in [6.07, 6.45) is 0.833. The first kappa shape index (κ1) is 14.4. The van der Waals surface area contributed by atoms with E-state index >= 15 is 0 Å². The van der Waals surface area contributed by atoms with E-state index < -0.39 is 24.5 Å². The largest absolute Gasteiger partial charge is 0.397 e. The third-order valence-corrected chi connectivity index (χ3v) is 4.36. The van der Waals surface area contributed by atoms with E-state index in [0.717, 1.165) is 10.9 Å². The van der Waals surface area contributed by atoms with Crippen LogP contribution in [0.25, 0.3) is 16.7 Å². The second kappa shape index (κ2) is 4.90. The summed E-state index contributed by atoms with van der Waals surface area (Å²) < 4.78 is 7.21. The summed E-state index contributed by atoms with van der Waals surface area (Å²) in [5.41, 5.74) is 7.91. The molecule has 0 bridgehead atoms. The van der Waals surface area contributed by atoms with E-state index in [9.17, 15) is 15.3 Å². The van der Waals surface area contributed by atoms with Crippen molar-refractivity contribution in [1.82, 2.24) is 14.5 Å². The van der Waals surface area contributed by atoms with Crippen molar-refractivity contribution in [1.29, 1.82) is 0 Å². The Labute approximate surface area is 131 Å². The second-order valence-corrected chi connectivity index (χ2v) is 5.77. The third-order valence-electron chi connectivity index (χ3n) is 4.36. The number of anilines is 1. The first-order chi connectivity index (χ1) is 11.0. The van der Waals surface area contributed by atoms with Crippen LogP contribution in [-0.4, -0.2) is 61.8 Å². The van der Waals surface area contributed by atoms with Crippen LogP contribution in [0.3, 0.4) is 0 Å². The molecule has 5 N–H and O–H groups in total. The van der Waals surface area contributed by atoms with E-state index in [1.807, 2.05) is 7.05 Å². The fraction of sp³-hybridized carbons (Fsp3) is 0.429. The first-order valence-corrected chi connectivity index (χ1v) is 7.21. The van der Waals surface area contributed by atoms with E-state index in [1.165, 1.54) is 6.33 Å². The van der Waals surface area contributed by atoms with E-state index in [4.69, 9.17) is 10.5 Å². The lowest BCUT2D eigenvalue weighted by Crippen LogP contribution is -2.33. The maximum absolute atomic E-state index is 10.3. The minimum Gasteiger partial charge on any atom is -0.397 e. The lowest BCUT2D eigenvalue weighted by atomic mass is 10.1. The smallest absolute Gasteiger partial charge is 0.164 e. The highest BCUT2D eigenvalue weighted by atomic mass is 16.6. The molecule has 1 saturated heterocycles. The van der Waals surface area contributed by atoms with Crippen LogP contribution in [0.15, 0.2) is 18.7 Å². The molecule has 2 aliphatic heterocycles. The number of hydrogen-bond donors (Lipinski definition) is 4. The van der Waals surface area contributed by atoms with Gasteiger partial charge in [-0.1, -0.05) is 0 Å². The molecule has 9 nitrogen and oxygen atoms in total. The summed E-state index contributed by atoms with van der Waals surface area (Å²) in [6.45, 7) is -0.383. The van der Waals surface area contributed by atoms with Crippen LogP contribution in [0.5, 0.6) is 0 Å². The summed E-state index contributed by atoms with van der Waals surface area (Å²) >= 11 is 0. The zero-order chi connectivity index (χ0) is 16.3. The Morgan fingerprint density at radius 2 is 2.09 bits per heavy atom. The molecule has 122 valence electrons. The van der Waals surface area contributed by atoms with Gasteiger partial charge in [0.15, 0.2) is 6.23 Å². The lowest BCUT2D eigenvalue weighted by molar-refractivity contribution is -0.0508. The molecule has 0 radical (unpaired) electrons. The standard InChI is InChI=1S/C14H17N5O4/c1-18-3-7(15)6-2-19(13-9(6)12(18)16-5-17-13)14-11(22)10(21)8(4-20)23-14/h2-3,5,8,10-11,14,20-22H,4,15H2,1H3/t8-,10?,11?,14-/m1/s1. The molecule has 0 spiro atoms. The number of ether oxygens (including phenoxy) is 1. The first-order valence-electron chi connectivity index (χ1n) is 7.21. The monoisotopic (exact) mass is 319 g/mol. The van der Waals surface area contributed by atoms with Crippen molar-refractivity contribution in [2.75, 3.05) is 18.6 Å². The van der Waals surface area contributed by atoms with Crippen LogP contribution in [0.1, 0.15) is 11.8 Å². The van der Waals surface area contributed by atoms with Crippen molar-refractivity contribution in [3.05, 3.63) is 24.3 Å². The molecule has 0 saturated carbocycles. The van der Waals surface area contributed by atoms with E-state index in [1.54, 1.807) is 21.9 Å². The predicted octanol–water partition coefficient (Wildman–Crippen LogP) is -1.25. The van der Waals surface area contributed by atoms with Crippen molar-refractivity contribution in [2.24, 2.45) is 5.73 Å². The van der Waals surface area contributed by atoms with Crippen molar-refractivity contribution in [3.8, 4) is 0 Å². The van der Waals surface area contributed by atoms with E-state index in [0.29, 0.717) is 17.2 Å². The number of nitrogens with two attached hydrogens (primary N) is 1. The Hall–Kier alpha value is -2.20. The predicted molar refractivity (Wildman–Crippen MR) is 81.1 cm³/mol. The number of aliphatic hydroxyl groups is 3. The zero-order valence-corrected chi connectivity index (χ0v) is 12.4. The Kier molecular flexibility index (Phi) is 3.07. The molecule has 0 aromatic carbocycles. The zero-order valence-electron chi connectivity index (χ0n) is 12.4. The van der Waals surface area contributed by atoms with E-state index in [-0.39, 0.29) is 6.61 Å². The topological polar surface area (TPSA) is 130 Å². The van der Waals surface area contributed by atoms with Gasteiger partial charge in [0, 0.05) is 25.0 Å². The van der Waals surface area contributed by atoms with Crippen molar-refractivity contribution >= 4 is 22.5 Å². The molecule has 4 rings (SSSR count). The molecule has 1 fully saturated rings. The molecular formula is C14H17N5O4. The number of rotatable bonds is 2. The average Bonchev–Trinajstić information content (AvgIpc) is 3.05. The number of aliphatic hydroxyl groups excluding tert-OH is 3.